The first-order valence-electron chi connectivity index (χ1n) is 12.6. The molecular weight excluding hydrogens is 468 g/mol. The van der Waals surface area contributed by atoms with Crippen LogP contribution in [0.5, 0.6) is 5.75 Å². The number of hydrogen-bond acceptors (Lipinski definition) is 6. The van der Waals surface area contributed by atoms with Gasteiger partial charge in [-0.15, -0.1) is 0 Å². The van der Waals surface area contributed by atoms with Crippen molar-refractivity contribution < 1.29 is 23.6 Å². The quantitative estimate of drug-likeness (QED) is 0.222. The maximum absolute atomic E-state index is 12.6. The highest BCUT2D eigenvalue weighted by atomic mass is 16.7. The van der Waals surface area contributed by atoms with Gasteiger partial charge in [0.1, 0.15) is 23.7 Å². The summed E-state index contributed by atoms with van der Waals surface area (Å²) in [5.74, 6) is 0.580. The zero-order chi connectivity index (χ0) is 26.0. The summed E-state index contributed by atoms with van der Waals surface area (Å²) in [4.78, 5) is 28.8. The van der Waals surface area contributed by atoms with E-state index in [0.29, 0.717) is 17.9 Å². The van der Waals surface area contributed by atoms with Gasteiger partial charge in [-0.05, 0) is 55.0 Å². The third kappa shape index (κ3) is 6.91. The van der Waals surface area contributed by atoms with Crippen molar-refractivity contribution in [1.82, 2.24) is 5.48 Å². The fourth-order valence-electron chi connectivity index (χ4n) is 3.94. The molecule has 0 unspecified atom stereocenters. The first-order chi connectivity index (χ1) is 18.1. The van der Waals surface area contributed by atoms with E-state index in [-0.39, 0.29) is 12.5 Å². The molecule has 0 bridgehead atoms. The Balaban J connectivity index is 1.41. The third-order valence-corrected chi connectivity index (χ3v) is 6.00. The Morgan fingerprint density at radius 1 is 0.946 bits per heavy atom. The Morgan fingerprint density at radius 3 is 2.46 bits per heavy atom. The number of anilines is 1. The van der Waals surface area contributed by atoms with Crippen molar-refractivity contribution in [2.24, 2.45) is 0 Å². The minimum absolute atomic E-state index is 0.0258. The second-order valence-electron chi connectivity index (χ2n) is 8.77. The van der Waals surface area contributed by atoms with Crippen LogP contribution in [-0.4, -0.2) is 24.5 Å². The number of hydrogen-bond donors (Lipinski definition) is 2. The van der Waals surface area contributed by atoms with Crippen LogP contribution < -0.4 is 15.5 Å². The van der Waals surface area contributed by atoms with Gasteiger partial charge < -0.3 is 19.3 Å². The van der Waals surface area contributed by atoms with Crippen LogP contribution in [0.15, 0.2) is 83.3 Å². The highest BCUT2D eigenvalue weighted by Crippen LogP contribution is 2.29. The lowest BCUT2D eigenvalue weighted by Gasteiger charge is -2.22. The fraction of sp³-hybridized carbons (Fsp3) is 0.267. The standard InChI is InChI=1S/C30H32N2O5/c1-3-5-11-23(31-26-13-8-7-12-25(26)30(34)32-37-29(33)4-2)20-35-24-17-15-21(16-18-24)28-19-22-10-6-9-14-27(22)36-28/h6-10,12-19,23,31H,3-5,11,20H2,1-2H3,(H,32,34)/t23-/m0/s1. The van der Waals surface area contributed by atoms with Gasteiger partial charge in [0.25, 0.3) is 5.91 Å². The van der Waals surface area contributed by atoms with Gasteiger partial charge in [0.2, 0.25) is 0 Å². The van der Waals surface area contributed by atoms with Gasteiger partial charge in [-0.2, -0.15) is 5.48 Å². The summed E-state index contributed by atoms with van der Waals surface area (Å²) < 4.78 is 12.1. The van der Waals surface area contributed by atoms with Crippen molar-refractivity contribution in [3.8, 4) is 17.1 Å². The molecule has 0 aliphatic heterocycles. The fourth-order valence-corrected chi connectivity index (χ4v) is 3.94. The molecule has 1 atom stereocenters. The van der Waals surface area contributed by atoms with Gasteiger partial charge in [0.15, 0.2) is 0 Å². The molecule has 4 aromatic rings. The topological polar surface area (TPSA) is 89.8 Å². The average Bonchev–Trinajstić information content (AvgIpc) is 3.38. The van der Waals surface area contributed by atoms with Crippen LogP contribution in [0.25, 0.3) is 22.3 Å². The summed E-state index contributed by atoms with van der Waals surface area (Å²) in [7, 11) is 0. The summed E-state index contributed by atoms with van der Waals surface area (Å²) in [5.41, 5.74) is 5.11. The van der Waals surface area contributed by atoms with E-state index in [9.17, 15) is 9.59 Å². The number of furan rings is 1. The number of benzene rings is 3. The van der Waals surface area contributed by atoms with Crippen LogP contribution in [0.3, 0.4) is 0 Å². The molecule has 0 radical (unpaired) electrons. The smallest absolute Gasteiger partial charge is 0.331 e. The molecule has 7 nitrogen and oxygen atoms in total. The molecule has 0 saturated carbocycles. The van der Waals surface area contributed by atoms with Crippen molar-refractivity contribution >= 4 is 28.5 Å². The van der Waals surface area contributed by atoms with E-state index < -0.39 is 11.9 Å². The Morgan fingerprint density at radius 2 is 1.70 bits per heavy atom. The Kier molecular flexibility index (Phi) is 8.81. The van der Waals surface area contributed by atoms with E-state index in [1.165, 1.54) is 0 Å². The van der Waals surface area contributed by atoms with Crippen molar-refractivity contribution in [1.29, 1.82) is 0 Å². The highest BCUT2D eigenvalue weighted by molar-refractivity contribution is 5.99. The van der Waals surface area contributed by atoms with E-state index in [1.54, 1.807) is 19.1 Å². The van der Waals surface area contributed by atoms with Crippen LogP contribution in [0.1, 0.15) is 49.9 Å². The second kappa shape index (κ2) is 12.6. The molecule has 0 aliphatic rings. The lowest BCUT2D eigenvalue weighted by atomic mass is 10.1. The normalized spacial score (nSPS) is 11.6. The Hall–Kier alpha value is -4.26. The molecule has 0 fully saturated rings. The summed E-state index contributed by atoms with van der Waals surface area (Å²) >= 11 is 0. The van der Waals surface area contributed by atoms with Crippen molar-refractivity contribution in [2.45, 2.75) is 45.6 Å². The maximum Gasteiger partial charge on any atom is 0.331 e. The number of fused-ring (bicyclic) bond motifs is 1. The summed E-state index contributed by atoms with van der Waals surface area (Å²) in [6.07, 6.45) is 3.10. The predicted octanol–water partition coefficient (Wildman–Crippen LogP) is 6.75. The number of carbonyl (C=O) groups excluding carboxylic acids is 2. The molecule has 4 rings (SSSR count). The van der Waals surface area contributed by atoms with E-state index in [2.05, 4.69) is 17.7 Å². The molecule has 0 saturated heterocycles. The van der Waals surface area contributed by atoms with Gasteiger partial charge in [-0.3, -0.25) is 4.79 Å². The van der Waals surface area contributed by atoms with E-state index in [4.69, 9.17) is 14.0 Å². The lowest BCUT2D eigenvalue weighted by molar-refractivity contribution is -0.148. The number of unbranched alkanes of at least 4 members (excludes halogenated alkanes) is 1. The zero-order valence-electron chi connectivity index (χ0n) is 21.2. The van der Waals surface area contributed by atoms with Crippen LogP contribution in [-0.2, 0) is 9.63 Å². The largest absolute Gasteiger partial charge is 0.491 e. The van der Waals surface area contributed by atoms with Crippen LogP contribution in [0.2, 0.25) is 0 Å². The van der Waals surface area contributed by atoms with Crippen LogP contribution in [0, 0.1) is 0 Å². The summed E-state index contributed by atoms with van der Waals surface area (Å²) in [6.45, 7) is 4.22. The van der Waals surface area contributed by atoms with Crippen molar-refractivity contribution in [3.63, 3.8) is 0 Å². The third-order valence-electron chi connectivity index (χ3n) is 6.00. The minimum Gasteiger partial charge on any atom is -0.491 e. The highest BCUT2D eigenvalue weighted by Gasteiger charge is 2.17. The summed E-state index contributed by atoms with van der Waals surface area (Å²) in [5, 5.41) is 4.52. The van der Waals surface area contributed by atoms with E-state index in [0.717, 1.165) is 47.3 Å². The molecule has 2 N–H and O–H groups in total. The van der Waals surface area contributed by atoms with Crippen LogP contribution >= 0.6 is 0 Å². The minimum atomic E-state index is -0.501. The molecule has 1 heterocycles. The first-order valence-corrected chi connectivity index (χ1v) is 12.6. The average molecular weight is 501 g/mol. The molecule has 7 heteroatoms. The molecule has 0 aliphatic carbocycles. The van der Waals surface area contributed by atoms with Gasteiger partial charge in [0.05, 0.1) is 11.6 Å². The van der Waals surface area contributed by atoms with Crippen molar-refractivity contribution in [2.75, 3.05) is 11.9 Å². The number of nitrogens with one attached hydrogen (secondary N) is 2. The molecule has 1 amide bonds. The molecular formula is C30H32N2O5. The van der Waals surface area contributed by atoms with Gasteiger partial charge in [0, 0.05) is 23.1 Å². The van der Waals surface area contributed by atoms with Crippen molar-refractivity contribution in [3.05, 3.63) is 84.4 Å². The SMILES string of the molecule is CCCC[C@@H](COc1ccc(-c2cc3ccccc3o2)cc1)Nc1ccccc1C(=O)NOC(=O)CC. The molecule has 3 aromatic carbocycles. The number of para-hydroxylation sites is 2. The second-order valence-corrected chi connectivity index (χ2v) is 8.77. The Labute approximate surface area is 216 Å². The first kappa shape index (κ1) is 25.8. The molecule has 1 aromatic heterocycles. The van der Waals surface area contributed by atoms with Gasteiger partial charge in [-0.1, -0.05) is 57.0 Å². The molecule has 0 spiro atoms. The van der Waals surface area contributed by atoms with E-state index >= 15 is 0 Å². The number of rotatable bonds is 11. The van der Waals surface area contributed by atoms with E-state index in [1.807, 2.05) is 66.7 Å². The molecule has 192 valence electrons. The monoisotopic (exact) mass is 500 g/mol. The lowest BCUT2D eigenvalue weighted by Crippen LogP contribution is -2.30. The predicted molar refractivity (Wildman–Crippen MR) is 144 cm³/mol. The Bertz CT molecular complexity index is 1300. The van der Waals surface area contributed by atoms with Gasteiger partial charge >= 0.3 is 5.97 Å². The van der Waals surface area contributed by atoms with Gasteiger partial charge in [-0.25, -0.2) is 4.79 Å². The number of carbonyl (C=O) groups is 2. The van der Waals surface area contributed by atoms with Crippen LogP contribution in [0.4, 0.5) is 5.69 Å². The number of ether oxygens (including phenoxy) is 1. The summed E-state index contributed by atoms with van der Waals surface area (Å²) in [6, 6.07) is 24.9. The zero-order valence-corrected chi connectivity index (χ0v) is 21.2. The molecule has 37 heavy (non-hydrogen) atoms. The number of amides is 1. The number of hydroxylamine groups is 1. The maximum atomic E-state index is 12.6.